The van der Waals surface area contributed by atoms with E-state index in [-0.39, 0.29) is 23.8 Å². The van der Waals surface area contributed by atoms with Crippen LogP contribution in [0.4, 0.5) is 20.7 Å². The first-order valence-corrected chi connectivity index (χ1v) is 11.9. The number of fused-ring (bicyclic) bond motifs is 5. The molecule has 2 aliphatic rings. The van der Waals surface area contributed by atoms with E-state index >= 15 is 0 Å². The van der Waals surface area contributed by atoms with Gasteiger partial charge in [-0.1, -0.05) is 0 Å². The summed E-state index contributed by atoms with van der Waals surface area (Å²) in [5.74, 6) is 1.34. The van der Waals surface area contributed by atoms with Gasteiger partial charge in [-0.2, -0.15) is 9.97 Å². The number of nitrogens with two attached hydrogens (primary N) is 1. The van der Waals surface area contributed by atoms with Crippen molar-refractivity contribution in [3.8, 4) is 11.8 Å². The minimum atomic E-state index is -0.839. The number of piperidine rings is 1. The van der Waals surface area contributed by atoms with Crippen molar-refractivity contribution in [1.29, 1.82) is 0 Å². The van der Waals surface area contributed by atoms with E-state index in [1.165, 1.54) is 31.6 Å². The van der Waals surface area contributed by atoms with E-state index in [9.17, 15) is 9.18 Å². The Kier molecular flexibility index (Phi) is 5.53. The van der Waals surface area contributed by atoms with Gasteiger partial charge >= 0.3 is 12.1 Å². The monoisotopic (exact) mass is 508 g/mol. The molecule has 4 N–H and O–H groups in total. The molecule has 1 aliphatic heterocycles. The topological polar surface area (TPSA) is 156 Å². The van der Waals surface area contributed by atoms with Gasteiger partial charge in [0.25, 0.3) is 0 Å². The van der Waals surface area contributed by atoms with Crippen LogP contribution in [-0.2, 0) is 4.74 Å². The molecule has 2 fully saturated rings. The zero-order valence-electron chi connectivity index (χ0n) is 20.2. The van der Waals surface area contributed by atoms with Crippen molar-refractivity contribution in [2.75, 3.05) is 30.2 Å². The van der Waals surface area contributed by atoms with Gasteiger partial charge in [0.05, 0.1) is 29.0 Å². The molecule has 6 rings (SSSR count). The largest absolute Gasteiger partial charge is 0.422 e. The van der Waals surface area contributed by atoms with Gasteiger partial charge in [-0.25, -0.2) is 19.2 Å². The van der Waals surface area contributed by atoms with Gasteiger partial charge in [0.15, 0.2) is 12.5 Å². The van der Waals surface area contributed by atoms with E-state index in [0.29, 0.717) is 51.8 Å². The van der Waals surface area contributed by atoms with Crippen LogP contribution in [0.1, 0.15) is 18.7 Å². The number of hydrogen-bond donors (Lipinski definition) is 3. The first-order valence-electron chi connectivity index (χ1n) is 11.9. The maximum Gasteiger partial charge on any atom is 0.416 e. The van der Waals surface area contributed by atoms with Crippen LogP contribution in [0, 0.1) is 18.7 Å². The Morgan fingerprint density at radius 3 is 2.76 bits per heavy atom. The summed E-state index contributed by atoms with van der Waals surface area (Å²) in [6.45, 7) is 1.68. The summed E-state index contributed by atoms with van der Waals surface area (Å²) in [6.07, 6.45) is 4.01. The van der Waals surface area contributed by atoms with Crippen LogP contribution in [0.15, 0.2) is 24.5 Å². The van der Waals surface area contributed by atoms with Crippen LogP contribution in [0.3, 0.4) is 0 Å². The summed E-state index contributed by atoms with van der Waals surface area (Å²) < 4.78 is 25.5. The number of rotatable bonds is 5. The van der Waals surface area contributed by atoms with Crippen molar-refractivity contribution in [3.63, 3.8) is 0 Å². The SMILES string of the molecule is Cc1ncc(Oc2nc(N3C[C@H]4C[C@@H]3C[C@H]4N)c3c(n2)[nH]c2c(N(C)C(=O)OCO)cc(F)cc23)cn1. The molecule has 0 unspecified atom stereocenters. The third kappa shape index (κ3) is 3.96. The normalized spacial score (nSPS) is 20.7. The second-order valence-electron chi connectivity index (χ2n) is 9.39. The molecule has 192 valence electrons. The molecule has 0 radical (unpaired) electrons. The van der Waals surface area contributed by atoms with E-state index in [1.54, 1.807) is 6.92 Å². The minimum absolute atomic E-state index is 0.0728. The van der Waals surface area contributed by atoms with E-state index in [4.69, 9.17) is 20.6 Å². The zero-order chi connectivity index (χ0) is 25.8. The number of nitrogens with one attached hydrogen (secondary N) is 1. The average molecular weight is 509 g/mol. The Labute approximate surface area is 210 Å². The lowest BCUT2D eigenvalue weighted by molar-refractivity contribution is 0.0492. The molecular weight excluding hydrogens is 483 g/mol. The lowest BCUT2D eigenvalue weighted by Gasteiger charge is -2.31. The summed E-state index contributed by atoms with van der Waals surface area (Å²) in [4.78, 5) is 36.4. The van der Waals surface area contributed by atoms with Gasteiger partial charge in [-0.05, 0) is 37.8 Å². The van der Waals surface area contributed by atoms with Crippen molar-refractivity contribution >= 4 is 39.5 Å². The average Bonchev–Trinajstić information content (AvgIpc) is 3.56. The van der Waals surface area contributed by atoms with Gasteiger partial charge < -0.3 is 30.2 Å². The van der Waals surface area contributed by atoms with Crippen molar-refractivity contribution < 1.29 is 23.8 Å². The summed E-state index contributed by atoms with van der Waals surface area (Å²) in [5, 5.41) is 10.1. The van der Waals surface area contributed by atoms with Crippen molar-refractivity contribution in [2.24, 2.45) is 11.7 Å². The number of ether oxygens (including phenoxy) is 2. The molecule has 2 bridgehead atoms. The summed E-state index contributed by atoms with van der Waals surface area (Å²) in [6, 6.07) is 2.99. The maximum absolute atomic E-state index is 14.9. The third-order valence-corrected chi connectivity index (χ3v) is 7.12. The van der Waals surface area contributed by atoms with Crippen LogP contribution in [-0.4, -0.2) is 68.6 Å². The number of carbonyl (C=O) groups is 1. The second kappa shape index (κ2) is 8.78. The fourth-order valence-electron chi connectivity index (χ4n) is 5.37. The highest BCUT2D eigenvalue weighted by Gasteiger charge is 2.44. The van der Waals surface area contributed by atoms with E-state index in [0.717, 1.165) is 17.7 Å². The summed E-state index contributed by atoms with van der Waals surface area (Å²) in [5.41, 5.74) is 7.38. The van der Waals surface area contributed by atoms with Crippen LogP contribution in [0.2, 0.25) is 0 Å². The second-order valence-corrected chi connectivity index (χ2v) is 9.39. The van der Waals surface area contributed by atoms with Gasteiger partial charge in [0.1, 0.15) is 23.1 Å². The number of aromatic nitrogens is 5. The number of aromatic amines is 1. The molecule has 13 heteroatoms. The number of aliphatic hydroxyl groups excluding tert-OH is 1. The molecule has 1 saturated carbocycles. The quantitative estimate of drug-likeness (QED) is 0.343. The number of carbonyl (C=O) groups excluding carboxylic acids is 1. The first-order chi connectivity index (χ1) is 17.8. The highest BCUT2D eigenvalue weighted by atomic mass is 19.1. The van der Waals surface area contributed by atoms with Gasteiger partial charge in [0, 0.05) is 31.1 Å². The Hall–Kier alpha value is -4.10. The predicted octanol–water partition coefficient (Wildman–Crippen LogP) is 2.59. The first kappa shape index (κ1) is 23.3. The lowest BCUT2D eigenvalue weighted by Crippen LogP contribution is -2.41. The number of anilines is 2. The molecule has 1 saturated heterocycles. The fraction of sp³-hybridized carbons (Fsp3) is 0.375. The van der Waals surface area contributed by atoms with Crippen LogP contribution >= 0.6 is 0 Å². The van der Waals surface area contributed by atoms with E-state index in [1.807, 2.05) is 0 Å². The maximum atomic E-state index is 14.9. The molecule has 12 nitrogen and oxygen atoms in total. The number of hydrogen-bond acceptors (Lipinski definition) is 10. The molecule has 1 aromatic carbocycles. The third-order valence-electron chi connectivity index (χ3n) is 7.12. The minimum Gasteiger partial charge on any atom is -0.422 e. The molecule has 1 aliphatic carbocycles. The predicted molar refractivity (Wildman–Crippen MR) is 132 cm³/mol. The van der Waals surface area contributed by atoms with Gasteiger partial charge in [0.2, 0.25) is 0 Å². The Morgan fingerprint density at radius 1 is 1.30 bits per heavy atom. The molecule has 1 amide bonds. The number of nitrogens with zero attached hydrogens (tertiary/aromatic N) is 6. The molecule has 3 aromatic heterocycles. The van der Waals surface area contributed by atoms with E-state index in [2.05, 4.69) is 29.6 Å². The zero-order valence-corrected chi connectivity index (χ0v) is 20.2. The Balaban J connectivity index is 1.53. The number of halogens is 1. The molecule has 4 aromatic rings. The Bertz CT molecular complexity index is 1510. The molecule has 37 heavy (non-hydrogen) atoms. The van der Waals surface area contributed by atoms with Crippen molar-refractivity contribution in [2.45, 2.75) is 31.8 Å². The summed E-state index contributed by atoms with van der Waals surface area (Å²) in [7, 11) is 1.43. The number of amides is 1. The van der Waals surface area contributed by atoms with Gasteiger partial charge in [-0.3, -0.25) is 4.90 Å². The molecule has 3 atom stereocenters. The summed E-state index contributed by atoms with van der Waals surface area (Å²) >= 11 is 0. The molecule has 4 heterocycles. The lowest BCUT2D eigenvalue weighted by atomic mass is 10.0. The van der Waals surface area contributed by atoms with Crippen LogP contribution < -0.4 is 20.3 Å². The molecular formula is C24H25FN8O4. The fourth-order valence-corrected chi connectivity index (χ4v) is 5.37. The highest BCUT2D eigenvalue weighted by Crippen LogP contribution is 2.44. The van der Waals surface area contributed by atoms with Crippen molar-refractivity contribution in [3.05, 3.63) is 36.2 Å². The molecule has 0 spiro atoms. The number of aryl methyl sites for hydroxylation is 1. The highest BCUT2D eigenvalue weighted by molar-refractivity contribution is 6.16. The number of aliphatic hydroxyl groups is 1. The van der Waals surface area contributed by atoms with Crippen LogP contribution in [0.5, 0.6) is 11.8 Å². The smallest absolute Gasteiger partial charge is 0.416 e. The standard InChI is InChI=1S/C24H25FN8O4/c1-11-27-7-15(8-28-11)37-23-30-21-19(22(31-23)33-9-12-3-14(33)6-17(12)26)16-4-13(25)5-18(20(16)29-21)32(2)24(35)36-10-34/h4-5,7-8,12,14,17,34H,3,6,9-10,26H2,1-2H3,(H,29,30,31)/t12-,14-,17-/m1/s1. The van der Waals surface area contributed by atoms with Gasteiger partial charge in [-0.15, -0.1) is 0 Å². The number of H-pyrrole nitrogens is 1. The number of benzene rings is 1. The van der Waals surface area contributed by atoms with Crippen LogP contribution in [0.25, 0.3) is 21.9 Å². The van der Waals surface area contributed by atoms with Crippen molar-refractivity contribution in [1.82, 2.24) is 24.9 Å². The Morgan fingerprint density at radius 2 is 2.08 bits per heavy atom. The van der Waals surface area contributed by atoms with E-state index < -0.39 is 18.7 Å².